The van der Waals surface area contributed by atoms with Crippen molar-refractivity contribution in [2.24, 2.45) is 5.10 Å². The Labute approximate surface area is 116 Å². The number of hydrazone groups is 1. The van der Waals surface area contributed by atoms with Crippen molar-refractivity contribution in [1.82, 2.24) is 15.0 Å². The van der Waals surface area contributed by atoms with Crippen LogP contribution in [0.5, 0.6) is 0 Å². The predicted octanol–water partition coefficient (Wildman–Crippen LogP) is 2.37. The highest BCUT2D eigenvalue weighted by molar-refractivity contribution is 9.10. The first kappa shape index (κ1) is 12.8. The molecule has 1 amide bonds. The number of halogens is 1. The van der Waals surface area contributed by atoms with E-state index < -0.39 is 0 Å². The lowest BCUT2D eigenvalue weighted by molar-refractivity contribution is 0.0958. The Morgan fingerprint density at radius 1 is 1.50 bits per heavy atom. The van der Waals surface area contributed by atoms with Gasteiger partial charge in [0.1, 0.15) is 4.88 Å². The molecule has 0 saturated carbocycles. The number of carbonyl (C=O) groups is 1. The zero-order valence-corrected chi connectivity index (χ0v) is 11.8. The molecule has 1 heterocycles. The topological polar surface area (TPSA) is 67.2 Å². The van der Waals surface area contributed by atoms with Crippen molar-refractivity contribution in [2.45, 2.75) is 6.92 Å². The van der Waals surface area contributed by atoms with E-state index in [1.54, 1.807) is 13.1 Å². The van der Waals surface area contributed by atoms with E-state index in [0.717, 1.165) is 21.6 Å². The Kier molecular flexibility index (Phi) is 4.16. The highest BCUT2D eigenvalue weighted by atomic mass is 79.9. The fourth-order valence-electron chi connectivity index (χ4n) is 1.23. The molecule has 0 unspecified atom stereocenters. The summed E-state index contributed by atoms with van der Waals surface area (Å²) in [6, 6.07) is 7.59. The van der Waals surface area contributed by atoms with Crippen molar-refractivity contribution in [3.63, 3.8) is 0 Å². The highest BCUT2D eigenvalue weighted by Gasteiger charge is 2.11. The standard InChI is InChI=1S/C11H9BrN4OS/c1-7-10(18-16-14-7)11(17)15-13-6-8-4-2-3-5-9(8)12/h2-6H,1H3,(H,15,17)/b13-6-. The van der Waals surface area contributed by atoms with Gasteiger partial charge in [-0.3, -0.25) is 4.79 Å². The Hall–Kier alpha value is -1.60. The third-order valence-corrected chi connectivity index (χ3v) is 3.68. The van der Waals surface area contributed by atoms with Crippen LogP contribution in [0.15, 0.2) is 33.8 Å². The number of nitrogens with zero attached hydrogens (tertiary/aromatic N) is 3. The van der Waals surface area contributed by atoms with Crippen molar-refractivity contribution in [2.75, 3.05) is 0 Å². The van der Waals surface area contributed by atoms with Gasteiger partial charge in [0.25, 0.3) is 5.91 Å². The van der Waals surface area contributed by atoms with Crippen LogP contribution in [-0.2, 0) is 0 Å². The fourth-order valence-corrected chi connectivity index (χ4v) is 2.16. The van der Waals surface area contributed by atoms with Crippen molar-refractivity contribution in [3.8, 4) is 0 Å². The minimum Gasteiger partial charge on any atom is -0.266 e. The summed E-state index contributed by atoms with van der Waals surface area (Å²) in [5.74, 6) is -0.300. The average molecular weight is 325 g/mol. The third-order valence-electron chi connectivity index (χ3n) is 2.13. The van der Waals surface area contributed by atoms with Crippen LogP contribution in [0.3, 0.4) is 0 Å². The van der Waals surface area contributed by atoms with Crippen molar-refractivity contribution in [1.29, 1.82) is 0 Å². The molecule has 1 N–H and O–H groups in total. The van der Waals surface area contributed by atoms with Gasteiger partial charge in [0, 0.05) is 10.0 Å². The maximum atomic E-state index is 11.7. The molecule has 92 valence electrons. The first-order valence-electron chi connectivity index (χ1n) is 5.05. The van der Waals surface area contributed by atoms with E-state index in [9.17, 15) is 4.79 Å². The van der Waals surface area contributed by atoms with E-state index in [2.05, 4.69) is 36.0 Å². The van der Waals surface area contributed by atoms with Crippen molar-refractivity contribution in [3.05, 3.63) is 44.9 Å². The lowest BCUT2D eigenvalue weighted by Crippen LogP contribution is -2.17. The molecular weight excluding hydrogens is 316 g/mol. The Morgan fingerprint density at radius 3 is 2.94 bits per heavy atom. The summed E-state index contributed by atoms with van der Waals surface area (Å²) in [7, 11) is 0. The maximum absolute atomic E-state index is 11.7. The molecule has 0 aliphatic rings. The maximum Gasteiger partial charge on any atom is 0.285 e. The molecule has 5 nitrogen and oxygen atoms in total. The van der Waals surface area contributed by atoms with Gasteiger partial charge in [0.05, 0.1) is 11.9 Å². The van der Waals surface area contributed by atoms with E-state index in [1.165, 1.54) is 0 Å². The van der Waals surface area contributed by atoms with Crippen LogP contribution in [0.2, 0.25) is 0 Å². The molecule has 0 aliphatic heterocycles. The summed E-state index contributed by atoms with van der Waals surface area (Å²) in [6.45, 7) is 1.73. The molecule has 2 aromatic rings. The fraction of sp³-hybridized carbons (Fsp3) is 0.0909. The Morgan fingerprint density at radius 2 is 2.28 bits per heavy atom. The first-order chi connectivity index (χ1) is 8.68. The van der Waals surface area contributed by atoms with E-state index in [-0.39, 0.29) is 5.91 Å². The number of aryl methyl sites for hydroxylation is 1. The second-order valence-corrected chi connectivity index (χ2v) is 5.02. The van der Waals surface area contributed by atoms with Crippen LogP contribution in [0, 0.1) is 6.92 Å². The van der Waals surface area contributed by atoms with Gasteiger partial charge >= 0.3 is 0 Å². The number of carbonyl (C=O) groups excluding carboxylic acids is 1. The van der Waals surface area contributed by atoms with Gasteiger partial charge in [0.15, 0.2) is 0 Å². The summed E-state index contributed by atoms with van der Waals surface area (Å²) in [5, 5.41) is 7.66. The molecule has 1 aromatic heterocycles. The SMILES string of the molecule is Cc1nnsc1C(=O)N/N=C\c1ccccc1Br. The highest BCUT2D eigenvalue weighted by Crippen LogP contribution is 2.13. The average Bonchev–Trinajstić information content (AvgIpc) is 2.78. The van der Waals surface area contributed by atoms with Gasteiger partial charge in [-0.05, 0) is 24.5 Å². The van der Waals surface area contributed by atoms with Crippen LogP contribution in [0.4, 0.5) is 0 Å². The zero-order chi connectivity index (χ0) is 13.0. The van der Waals surface area contributed by atoms with Crippen LogP contribution in [0.1, 0.15) is 20.9 Å². The molecule has 18 heavy (non-hydrogen) atoms. The van der Waals surface area contributed by atoms with E-state index in [1.807, 2.05) is 24.3 Å². The number of benzene rings is 1. The molecule has 2 rings (SSSR count). The van der Waals surface area contributed by atoms with Crippen molar-refractivity contribution >= 4 is 39.6 Å². The number of amides is 1. The number of nitrogens with one attached hydrogen (secondary N) is 1. The number of rotatable bonds is 3. The zero-order valence-electron chi connectivity index (χ0n) is 9.42. The minimum atomic E-state index is -0.300. The smallest absolute Gasteiger partial charge is 0.266 e. The van der Waals surface area contributed by atoms with Gasteiger partial charge in [-0.15, -0.1) is 5.10 Å². The summed E-state index contributed by atoms with van der Waals surface area (Å²) in [6.07, 6.45) is 1.58. The largest absolute Gasteiger partial charge is 0.285 e. The second kappa shape index (κ2) is 5.83. The molecule has 0 bridgehead atoms. The van der Waals surface area contributed by atoms with Gasteiger partial charge in [-0.25, -0.2) is 5.43 Å². The molecule has 0 atom stereocenters. The molecule has 7 heteroatoms. The monoisotopic (exact) mass is 324 g/mol. The Bertz CT molecular complexity index is 596. The Balaban J connectivity index is 2.03. The molecule has 0 aliphatic carbocycles. The number of hydrogen-bond acceptors (Lipinski definition) is 5. The van der Waals surface area contributed by atoms with Gasteiger partial charge in [0.2, 0.25) is 0 Å². The van der Waals surface area contributed by atoms with Gasteiger partial charge < -0.3 is 0 Å². The molecule has 0 fully saturated rings. The summed E-state index contributed by atoms with van der Waals surface area (Å²) < 4.78 is 4.61. The van der Waals surface area contributed by atoms with E-state index in [0.29, 0.717) is 10.6 Å². The van der Waals surface area contributed by atoms with E-state index in [4.69, 9.17) is 0 Å². The van der Waals surface area contributed by atoms with Crippen LogP contribution < -0.4 is 5.43 Å². The van der Waals surface area contributed by atoms with Gasteiger partial charge in [-0.2, -0.15) is 5.10 Å². The molecular formula is C11H9BrN4OS. The third kappa shape index (κ3) is 2.99. The lowest BCUT2D eigenvalue weighted by atomic mass is 10.2. The van der Waals surface area contributed by atoms with Gasteiger partial charge in [-0.1, -0.05) is 38.6 Å². The quantitative estimate of drug-likeness (QED) is 0.696. The number of hydrogen-bond donors (Lipinski definition) is 1. The minimum absolute atomic E-state index is 0.300. The molecule has 0 radical (unpaired) electrons. The summed E-state index contributed by atoms with van der Waals surface area (Å²) in [4.78, 5) is 12.2. The van der Waals surface area contributed by atoms with Crippen LogP contribution in [-0.4, -0.2) is 21.7 Å². The molecule has 0 saturated heterocycles. The molecule has 1 aromatic carbocycles. The first-order valence-corrected chi connectivity index (χ1v) is 6.62. The molecule has 0 spiro atoms. The van der Waals surface area contributed by atoms with E-state index >= 15 is 0 Å². The van der Waals surface area contributed by atoms with Crippen LogP contribution >= 0.6 is 27.5 Å². The van der Waals surface area contributed by atoms with Crippen molar-refractivity contribution < 1.29 is 4.79 Å². The summed E-state index contributed by atoms with van der Waals surface area (Å²) >= 11 is 4.44. The normalized spacial score (nSPS) is 10.8. The second-order valence-electron chi connectivity index (χ2n) is 3.41. The van der Waals surface area contributed by atoms with Crippen LogP contribution in [0.25, 0.3) is 0 Å². The number of aromatic nitrogens is 2. The predicted molar refractivity (Wildman–Crippen MR) is 73.8 cm³/mol. The lowest BCUT2D eigenvalue weighted by Gasteiger charge is -1.98. The summed E-state index contributed by atoms with van der Waals surface area (Å²) in [5.41, 5.74) is 3.93.